The number of rotatable bonds is 6. The van der Waals surface area contributed by atoms with Crippen LogP contribution in [0.4, 0.5) is 0 Å². The fraction of sp³-hybridized carbons (Fsp3) is 0.400. The molecule has 0 aliphatic carbocycles. The SMILES string of the molecule is C[Si](C)(C)CCOCn1ccc2c(/C(C#N)=C/N)ncnc21. The summed E-state index contributed by atoms with van der Waals surface area (Å²) in [5.41, 5.74) is 7.11. The molecule has 2 heterocycles. The van der Waals surface area contributed by atoms with E-state index in [2.05, 4.69) is 29.6 Å². The monoisotopic (exact) mass is 315 g/mol. The molecule has 0 aliphatic rings. The van der Waals surface area contributed by atoms with Crippen molar-refractivity contribution >= 4 is 24.7 Å². The molecule has 0 saturated carbocycles. The maximum atomic E-state index is 9.11. The number of allylic oxidation sites excluding steroid dienone is 1. The van der Waals surface area contributed by atoms with Crippen LogP contribution in [0.5, 0.6) is 0 Å². The highest BCUT2D eigenvalue weighted by molar-refractivity contribution is 6.76. The number of hydrogen-bond donors (Lipinski definition) is 1. The summed E-state index contributed by atoms with van der Waals surface area (Å²) >= 11 is 0. The lowest BCUT2D eigenvalue weighted by Crippen LogP contribution is -2.22. The molecular formula is C15H21N5OSi. The van der Waals surface area contributed by atoms with Gasteiger partial charge < -0.3 is 15.0 Å². The normalized spacial score (nSPS) is 12.5. The van der Waals surface area contributed by atoms with Crippen LogP contribution in [0, 0.1) is 11.3 Å². The third kappa shape index (κ3) is 3.72. The van der Waals surface area contributed by atoms with Gasteiger partial charge in [-0.15, -0.1) is 0 Å². The van der Waals surface area contributed by atoms with Crippen molar-refractivity contribution in [1.29, 1.82) is 5.26 Å². The first kappa shape index (κ1) is 16.2. The van der Waals surface area contributed by atoms with Crippen molar-refractivity contribution in [1.82, 2.24) is 14.5 Å². The van der Waals surface area contributed by atoms with Gasteiger partial charge in [0.05, 0.1) is 11.3 Å². The summed E-state index contributed by atoms with van der Waals surface area (Å²) in [6.45, 7) is 8.16. The van der Waals surface area contributed by atoms with Crippen molar-refractivity contribution in [3.8, 4) is 6.07 Å². The summed E-state index contributed by atoms with van der Waals surface area (Å²) in [5.74, 6) is 0. The second-order valence-corrected chi connectivity index (χ2v) is 11.9. The van der Waals surface area contributed by atoms with Gasteiger partial charge in [-0.2, -0.15) is 5.26 Å². The molecule has 0 fully saturated rings. The highest BCUT2D eigenvalue weighted by atomic mass is 28.3. The molecule has 0 amide bonds. The van der Waals surface area contributed by atoms with Gasteiger partial charge in [0.25, 0.3) is 0 Å². The third-order valence-electron chi connectivity index (χ3n) is 3.33. The zero-order chi connectivity index (χ0) is 16.2. The molecule has 2 N–H and O–H groups in total. The molecule has 0 radical (unpaired) electrons. The first-order valence-electron chi connectivity index (χ1n) is 7.16. The van der Waals surface area contributed by atoms with E-state index in [-0.39, 0.29) is 0 Å². The Bertz CT molecular complexity index is 724. The van der Waals surface area contributed by atoms with E-state index in [0.717, 1.165) is 23.7 Å². The predicted molar refractivity (Wildman–Crippen MR) is 89.4 cm³/mol. The quantitative estimate of drug-likeness (QED) is 0.502. The predicted octanol–water partition coefficient (Wildman–Crippen LogP) is 2.57. The van der Waals surface area contributed by atoms with Crippen LogP contribution < -0.4 is 5.73 Å². The molecule has 6 nitrogen and oxygen atoms in total. The van der Waals surface area contributed by atoms with Crippen molar-refractivity contribution in [2.45, 2.75) is 32.4 Å². The second kappa shape index (κ2) is 6.73. The molecule has 0 aromatic carbocycles. The summed E-state index contributed by atoms with van der Waals surface area (Å²) in [7, 11) is -1.08. The first-order valence-corrected chi connectivity index (χ1v) is 10.9. The Morgan fingerprint density at radius 2 is 2.23 bits per heavy atom. The van der Waals surface area contributed by atoms with E-state index < -0.39 is 8.07 Å². The smallest absolute Gasteiger partial charge is 0.145 e. The largest absolute Gasteiger partial charge is 0.403 e. The van der Waals surface area contributed by atoms with E-state index in [1.54, 1.807) is 0 Å². The molecule has 0 atom stereocenters. The number of ether oxygens (including phenoxy) is 1. The maximum Gasteiger partial charge on any atom is 0.145 e. The second-order valence-electron chi connectivity index (χ2n) is 6.29. The molecule has 0 aliphatic heterocycles. The van der Waals surface area contributed by atoms with Crippen LogP contribution in [-0.2, 0) is 11.5 Å². The minimum Gasteiger partial charge on any atom is -0.403 e. The fourth-order valence-electron chi connectivity index (χ4n) is 2.03. The van der Waals surface area contributed by atoms with Gasteiger partial charge in [-0.25, -0.2) is 9.97 Å². The van der Waals surface area contributed by atoms with Crippen molar-refractivity contribution in [2.75, 3.05) is 6.61 Å². The molecule has 2 rings (SSSR count). The van der Waals surface area contributed by atoms with Gasteiger partial charge in [-0.3, -0.25) is 0 Å². The summed E-state index contributed by atoms with van der Waals surface area (Å²) < 4.78 is 7.66. The van der Waals surface area contributed by atoms with Crippen LogP contribution in [0.1, 0.15) is 5.69 Å². The number of nitriles is 1. The van der Waals surface area contributed by atoms with Crippen LogP contribution in [0.2, 0.25) is 25.7 Å². The van der Waals surface area contributed by atoms with Crippen molar-refractivity contribution in [3.63, 3.8) is 0 Å². The van der Waals surface area contributed by atoms with E-state index in [0.29, 0.717) is 18.0 Å². The number of fused-ring (bicyclic) bond motifs is 1. The van der Waals surface area contributed by atoms with E-state index in [4.69, 9.17) is 15.7 Å². The number of nitrogens with two attached hydrogens (primary N) is 1. The summed E-state index contributed by atoms with van der Waals surface area (Å²) in [6.07, 6.45) is 4.60. The van der Waals surface area contributed by atoms with E-state index in [1.165, 1.54) is 12.5 Å². The Balaban J connectivity index is 2.17. The van der Waals surface area contributed by atoms with Gasteiger partial charge in [0.2, 0.25) is 0 Å². The molecule has 0 unspecified atom stereocenters. The van der Waals surface area contributed by atoms with Crippen LogP contribution in [0.15, 0.2) is 24.8 Å². The molecule has 116 valence electrons. The topological polar surface area (TPSA) is 89.8 Å². The standard InChI is InChI=1S/C15H21N5OSi/c1-22(2,3)7-6-21-11-20-5-4-13-14(12(8-16)9-17)18-10-19-15(13)20/h4-5,8,10H,6-7,11,16H2,1-3H3/b12-8+. The highest BCUT2D eigenvalue weighted by Gasteiger charge is 2.13. The Morgan fingerprint density at radius 1 is 1.45 bits per heavy atom. The number of aromatic nitrogens is 3. The minimum absolute atomic E-state index is 0.338. The van der Waals surface area contributed by atoms with Crippen molar-refractivity contribution in [3.05, 3.63) is 30.5 Å². The Labute approximate surface area is 131 Å². The molecule has 2 aromatic rings. The average molecular weight is 315 g/mol. The molecule has 2 aromatic heterocycles. The first-order chi connectivity index (χ1) is 10.5. The highest BCUT2D eigenvalue weighted by Crippen LogP contribution is 2.21. The summed E-state index contributed by atoms with van der Waals surface area (Å²) in [5, 5.41) is 9.91. The van der Waals surface area contributed by atoms with Gasteiger partial charge in [0, 0.05) is 32.5 Å². The zero-order valence-corrected chi connectivity index (χ0v) is 14.2. The van der Waals surface area contributed by atoms with Gasteiger partial charge in [-0.05, 0) is 12.1 Å². The number of hydrogen-bond acceptors (Lipinski definition) is 5. The van der Waals surface area contributed by atoms with Crippen LogP contribution in [0.3, 0.4) is 0 Å². The average Bonchev–Trinajstić information content (AvgIpc) is 2.88. The lowest BCUT2D eigenvalue weighted by Gasteiger charge is -2.15. The Kier molecular flexibility index (Phi) is 4.95. The Morgan fingerprint density at radius 3 is 2.86 bits per heavy atom. The molecule has 0 bridgehead atoms. The summed E-state index contributed by atoms with van der Waals surface area (Å²) in [6, 6.07) is 5.06. The maximum absolute atomic E-state index is 9.11. The fourth-order valence-corrected chi connectivity index (χ4v) is 2.79. The summed E-state index contributed by atoms with van der Waals surface area (Å²) in [4.78, 5) is 8.44. The molecular weight excluding hydrogens is 294 g/mol. The van der Waals surface area contributed by atoms with Crippen LogP contribution in [0.25, 0.3) is 16.6 Å². The van der Waals surface area contributed by atoms with Crippen molar-refractivity contribution in [2.24, 2.45) is 5.73 Å². The number of nitrogens with zero attached hydrogens (tertiary/aromatic N) is 4. The van der Waals surface area contributed by atoms with Gasteiger partial charge >= 0.3 is 0 Å². The zero-order valence-electron chi connectivity index (χ0n) is 13.2. The van der Waals surface area contributed by atoms with Crippen molar-refractivity contribution < 1.29 is 4.74 Å². The third-order valence-corrected chi connectivity index (χ3v) is 5.03. The van der Waals surface area contributed by atoms with Gasteiger partial charge in [0.15, 0.2) is 0 Å². The van der Waals surface area contributed by atoms with Crippen LogP contribution >= 0.6 is 0 Å². The molecule has 0 spiro atoms. The molecule has 0 saturated heterocycles. The minimum atomic E-state index is -1.08. The lowest BCUT2D eigenvalue weighted by atomic mass is 10.1. The van der Waals surface area contributed by atoms with E-state index in [1.807, 2.05) is 22.9 Å². The van der Waals surface area contributed by atoms with E-state index in [9.17, 15) is 0 Å². The van der Waals surface area contributed by atoms with Crippen LogP contribution in [-0.4, -0.2) is 29.2 Å². The molecule has 22 heavy (non-hydrogen) atoms. The van der Waals surface area contributed by atoms with Gasteiger partial charge in [0.1, 0.15) is 24.8 Å². The van der Waals surface area contributed by atoms with Gasteiger partial charge in [-0.1, -0.05) is 19.6 Å². The Hall–Kier alpha value is -2.17. The van der Waals surface area contributed by atoms with E-state index >= 15 is 0 Å². The lowest BCUT2D eigenvalue weighted by molar-refractivity contribution is 0.0899. The molecule has 7 heteroatoms.